The lowest BCUT2D eigenvalue weighted by Crippen LogP contribution is -2.30. The van der Waals surface area contributed by atoms with Crippen LogP contribution < -0.4 is 0 Å². The molecule has 0 rings (SSSR count). The Kier molecular flexibility index (Phi) is 42.3. The van der Waals surface area contributed by atoms with Crippen LogP contribution in [0.2, 0.25) is 0 Å². The van der Waals surface area contributed by atoms with Crippen molar-refractivity contribution in [3.8, 4) is 0 Å². The molecule has 0 N–H and O–H groups in total. The van der Waals surface area contributed by atoms with Gasteiger partial charge < -0.3 is 14.2 Å². The number of hydrogen-bond donors (Lipinski definition) is 0. The zero-order valence-corrected chi connectivity index (χ0v) is 37.4. The van der Waals surface area contributed by atoms with Crippen molar-refractivity contribution in [3.63, 3.8) is 0 Å². The first-order valence-corrected chi connectivity index (χ1v) is 24.4. The number of unbranched alkanes of at least 4 members (excludes halogenated alkanes) is 30. The summed E-state index contributed by atoms with van der Waals surface area (Å²) < 4.78 is 16.6. The Balaban J connectivity index is 3.99. The van der Waals surface area contributed by atoms with Gasteiger partial charge in [0.25, 0.3) is 0 Å². The molecule has 2 atom stereocenters. The van der Waals surface area contributed by atoms with Crippen molar-refractivity contribution < 1.29 is 28.6 Å². The summed E-state index contributed by atoms with van der Waals surface area (Å²) in [4.78, 5) is 37.4. The Morgan fingerprint density at radius 2 is 0.636 bits per heavy atom. The largest absolute Gasteiger partial charge is 0.462 e. The quantitative estimate of drug-likeness (QED) is 0.0348. The minimum atomic E-state index is -0.757. The second-order valence-electron chi connectivity index (χ2n) is 17.0. The van der Waals surface area contributed by atoms with Crippen molar-refractivity contribution >= 4 is 17.9 Å². The van der Waals surface area contributed by atoms with Crippen molar-refractivity contribution in [1.82, 2.24) is 0 Å². The molecule has 0 aliphatic heterocycles. The summed E-state index contributed by atoms with van der Waals surface area (Å²) in [5.74, 6) is 0.0429. The van der Waals surface area contributed by atoms with Crippen LogP contribution in [0.25, 0.3) is 0 Å². The minimum Gasteiger partial charge on any atom is -0.462 e. The standard InChI is InChI=1S/C49H94O6/c1-5-8-10-12-13-14-26-29-33-36-40-47(50)53-43-46(55-49(52)42-38-31-11-9-6-2)44-54-48(51)41-37-34-30-27-24-22-20-18-16-15-17-19-21-23-25-28-32-35-39-45(4)7-3/h45-46H,5-44H2,1-4H3/t45?,46-/m0/s1. The first kappa shape index (κ1) is 53.4. The van der Waals surface area contributed by atoms with Gasteiger partial charge in [0.15, 0.2) is 6.10 Å². The molecule has 0 saturated heterocycles. The maximum Gasteiger partial charge on any atom is 0.306 e. The van der Waals surface area contributed by atoms with Crippen LogP contribution in [-0.2, 0) is 28.6 Å². The fourth-order valence-corrected chi connectivity index (χ4v) is 7.30. The van der Waals surface area contributed by atoms with E-state index in [0.29, 0.717) is 19.3 Å². The predicted molar refractivity (Wildman–Crippen MR) is 233 cm³/mol. The first-order valence-electron chi connectivity index (χ1n) is 24.4. The molecule has 0 heterocycles. The van der Waals surface area contributed by atoms with Crippen molar-refractivity contribution in [2.24, 2.45) is 5.92 Å². The van der Waals surface area contributed by atoms with Gasteiger partial charge in [-0.1, -0.05) is 233 Å². The summed E-state index contributed by atoms with van der Waals surface area (Å²) in [6.45, 7) is 8.97. The molecule has 0 aromatic carbocycles. The Morgan fingerprint density at radius 3 is 0.945 bits per heavy atom. The van der Waals surface area contributed by atoms with Gasteiger partial charge in [0.2, 0.25) is 0 Å². The lowest BCUT2D eigenvalue weighted by molar-refractivity contribution is -0.167. The number of esters is 3. The van der Waals surface area contributed by atoms with Crippen LogP contribution in [0, 0.1) is 5.92 Å². The zero-order valence-electron chi connectivity index (χ0n) is 37.4. The number of hydrogen-bond acceptors (Lipinski definition) is 6. The highest BCUT2D eigenvalue weighted by Gasteiger charge is 2.19. The van der Waals surface area contributed by atoms with Gasteiger partial charge in [0, 0.05) is 19.3 Å². The van der Waals surface area contributed by atoms with E-state index < -0.39 is 6.10 Å². The highest BCUT2D eigenvalue weighted by molar-refractivity contribution is 5.71. The van der Waals surface area contributed by atoms with Crippen LogP contribution in [0.1, 0.15) is 272 Å². The zero-order chi connectivity index (χ0) is 40.3. The van der Waals surface area contributed by atoms with Gasteiger partial charge in [-0.15, -0.1) is 0 Å². The molecule has 326 valence electrons. The molecule has 0 fully saturated rings. The van der Waals surface area contributed by atoms with Crippen LogP contribution in [0.4, 0.5) is 0 Å². The van der Waals surface area contributed by atoms with Crippen molar-refractivity contribution in [3.05, 3.63) is 0 Å². The van der Waals surface area contributed by atoms with E-state index in [1.54, 1.807) is 0 Å². The summed E-state index contributed by atoms with van der Waals surface area (Å²) in [5, 5.41) is 0. The molecule has 0 aliphatic rings. The third-order valence-corrected chi connectivity index (χ3v) is 11.4. The van der Waals surface area contributed by atoms with Gasteiger partial charge >= 0.3 is 17.9 Å². The van der Waals surface area contributed by atoms with Crippen LogP contribution in [-0.4, -0.2) is 37.2 Å². The fourth-order valence-electron chi connectivity index (χ4n) is 7.30. The molecule has 1 unspecified atom stereocenters. The molecule has 0 spiro atoms. The first-order chi connectivity index (χ1) is 26.9. The lowest BCUT2D eigenvalue weighted by atomic mass is 9.99. The topological polar surface area (TPSA) is 78.9 Å². The Bertz CT molecular complexity index is 828. The summed E-state index contributed by atoms with van der Waals surface area (Å²) in [6, 6.07) is 0. The van der Waals surface area contributed by atoms with Crippen molar-refractivity contribution in [2.75, 3.05) is 13.2 Å². The Morgan fingerprint density at radius 1 is 0.364 bits per heavy atom. The summed E-state index contributed by atoms with van der Waals surface area (Å²) >= 11 is 0. The smallest absolute Gasteiger partial charge is 0.306 e. The van der Waals surface area contributed by atoms with Gasteiger partial charge in [0.05, 0.1) is 0 Å². The summed E-state index contributed by atoms with van der Waals surface area (Å²) in [6.07, 6.45) is 44.1. The molecule has 0 aromatic heterocycles. The Labute approximate surface area is 342 Å². The molecule has 55 heavy (non-hydrogen) atoms. The lowest BCUT2D eigenvalue weighted by Gasteiger charge is -2.18. The monoisotopic (exact) mass is 779 g/mol. The average Bonchev–Trinajstić information content (AvgIpc) is 3.18. The van der Waals surface area contributed by atoms with E-state index in [2.05, 4.69) is 27.7 Å². The van der Waals surface area contributed by atoms with E-state index in [0.717, 1.165) is 70.1 Å². The molecular weight excluding hydrogens is 685 g/mol. The molecule has 0 radical (unpaired) electrons. The van der Waals surface area contributed by atoms with E-state index in [9.17, 15) is 14.4 Å². The molecule has 0 bridgehead atoms. The van der Waals surface area contributed by atoms with Crippen LogP contribution in [0.15, 0.2) is 0 Å². The van der Waals surface area contributed by atoms with Gasteiger partial charge in [-0.3, -0.25) is 14.4 Å². The summed E-state index contributed by atoms with van der Waals surface area (Å²) in [5.41, 5.74) is 0. The van der Waals surface area contributed by atoms with E-state index in [4.69, 9.17) is 14.2 Å². The number of carbonyl (C=O) groups excluding carboxylic acids is 3. The van der Waals surface area contributed by atoms with Gasteiger partial charge in [-0.25, -0.2) is 0 Å². The molecule has 0 aromatic rings. The van der Waals surface area contributed by atoms with E-state index >= 15 is 0 Å². The summed E-state index contributed by atoms with van der Waals surface area (Å²) in [7, 11) is 0. The number of rotatable bonds is 44. The van der Waals surface area contributed by atoms with Gasteiger partial charge in [-0.05, 0) is 25.2 Å². The predicted octanol–water partition coefficient (Wildman–Crippen LogP) is 15.5. The third kappa shape index (κ3) is 41.9. The molecule has 6 nitrogen and oxygen atoms in total. The van der Waals surface area contributed by atoms with Gasteiger partial charge in [-0.2, -0.15) is 0 Å². The normalized spacial score (nSPS) is 12.4. The van der Waals surface area contributed by atoms with E-state index in [-0.39, 0.29) is 31.1 Å². The molecular formula is C49H94O6. The van der Waals surface area contributed by atoms with E-state index in [1.165, 1.54) is 161 Å². The fraction of sp³-hybridized carbons (Fsp3) is 0.939. The highest BCUT2D eigenvalue weighted by atomic mass is 16.6. The minimum absolute atomic E-state index is 0.0648. The van der Waals surface area contributed by atoms with Gasteiger partial charge in [0.1, 0.15) is 13.2 Å². The van der Waals surface area contributed by atoms with E-state index in [1.807, 2.05) is 0 Å². The maximum atomic E-state index is 12.5. The second-order valence-corrected chi connectivity index (χ2v) is 17.0. The molecule has 0 aliphatic carbocycles. The van der Waals surface area contributed by atoms with Crippen molar-refractivity contribution in [2.45, 2.75) is 278 Å². The molecule has 0 amide bonds. The molecule has 0 saturated carbocycles. The maximum absolute atomic E-state index is 12.5. The average molecular weight is 779 g/mol. The van der Waals surface area contributed by atoms with Crippen molar-refractivity contribution in [1.29, 1.82) is 0 Å². The van der Waals surface area contributed by atoms with Crippen LogP contribution >= 0.6 is 0 Å². The second kappa shape index (κ2) is 43.5. The Hall–Kier alpha value is -1.59. The third-order valence-electron chi connectivity index (χ3n) is 11.4. The van der Waals surface area contributed by atoms with Crippen LogP contribution in [0.5, 0.6) is 0 Å². The van der Waals surface area contributed by atoms with Crippen LogP contribution in [0.3, 0.4) is 0 Å². The number of ether oxygens (including phenoxy) is 3. The number of carbonyl (C=O) groups is 3. The SMILES string of the molecule is CCCCCCCCCCCCC(=O)OC[C@@H](COC(=O)CCCCCCCCCCCCCCCCCCCCC(C)CC)OC(=O)CCCCCCC. The highest BCUT2D eigenvalue weighted by Crippen LogP contribution is 2.17. The molecule has 6 heteroatoms.